The topological polar surface area (TPSA) is 65.5 Å². The Morgan fingerprint density at radius 3 is 2.47 bits per heavy atom. The van der Waals surface area contributed by atoms with Crippen LogP contribution < -0.4 is 4.74 Å². The number of carbonyl (C=O) groups excluding carboxylic acids is 2. The third-order valence-corrected chi connectivity index (χ3v) is 6.58. The quantitative estimate of drug-likeness (QED) is 0.216. The number of hydrogen-bond acceptors (Lipinski definition) is 5. The molecule has 0 aliphatic heterocycles. The maximum Gasteiger partial charge on any atom is 0.339 e. The van der Waals surface area contributed by atoms with E-state index < -0.39 is 5.97 Å². The van der Waals surface area contributed by atoms with Crippen molar-refractivity contribution in [1.82, 2.24) is 4.98 Å². The number of nitrogens with zero attached hydrogens (tertiary/aromatic N) is 1. The van der Waals surface area contributed by atoms with E-state index in [-0.39, 0.29) is 12.4 Å². The van der Waals surface area contributed by atoms with E-state index in [1.54, 1.807) is 31.4 Å². The predicted octanol–water partition coefficient (Wildman–Crippen LogP) is 6.81. The van der Waals surface area contributed by atoms with Gasteiger partial charge in [-0.1, -0.05) is 41.9 Å². The lowest BCUT2D eigenvalue weighted by atomic mass is 9.86. The maximum atomic E-state index is 13.4. The van der Waals surface area contributed by atoms with Gasteiger partial charge >= 0.3 is 5.97 Å². The second kappa shape index (κ2) is 10.3. The van der Waals surface area contributed by atoms with Gasteiger partial charge in [0.15, 0.2) is 12.4 Å². The van der Waals surface area contributed by atoms with Gasteiger partial charge in [0.05, 0.1) is 23.9 Å². The molecule has 1 aliphatic rings. The number of hydrogen-bond donors (Lipinski definition) is 0. The molecule has 1 aliphatic carbocycles. The number of esters is 1. The molecule has 0 amide bonds. The summed E-state index contributed by atoms with van der Waals surface area (Å²) >= 11 is 5.91. The monoisotopic (exact) mass is 497 g/mol. The second-order valence-electron chi connectivity index (χ2n) is 8.63. The van der Waals surface area contributed by atoms with Crippen LogP contribution in [-0.2, 0) is 11.2 Å². The molecule has 0 unspecified atom stereocenters. The van der Waals surface area contributed by atoms with Gasteiger partial charge in [0.2, 0.25) is 0 Å². The SMILES string of the molecule is COc1ccc(C=C2CCCc3c2nc2ccccc2c3C(=O)OCC(=O)c2ccc(Cl)cc2)cc1. The number of ether oxygens (including phenoxy) is 2. The molecule has 180 valence electrons. The molecular formula is C30H24ClNO4. The number of para-hydroxylation sites is 1. The Balaban J connectivity index is 1.50. The Morgan fingerprint density at radius 1 is 0.972 bits per heavy atom. The first-order chi connectivity index (χ1) is 17.5. The Hall–Kier alpha value is -3.96. The fourth-order valence-electron chi connectivity index (χ4n) is 4.53. The van der Waals surface area contributed by atoms with Crippen LogP contribution in [0.4, 0.5) is 0 Å². The van der Waals surface area contributed by atoms with Gasteiger partial charge in [0.25, 0.3) is 0 Å². The van der Waals surface area contributed by atoms with Crippen LogP contribution in [-0.4, -0.2) is 30.5 Å². The van der Waals surface area contributed by atoms with E-state index >= 15 is 0 Å². The first kappa shape index (κ1) is 23.8. The molecule has 3 aromatic carbocycles. The zero-order chi connectivity index (χ0) is 25.1. The third kappa shape index (κ3) is 4.88. The molecule has 4 aromatic rings. The van der Waals surface area contributed by atoms with Crippen LogP contribution >= 0.6 is 11.6 Å². The van der Waals surface area contributed by atoms with Crippen LogP contribution in [0, 0.1) is 0 Å². The van der Waals surface area contributed by atoms with Crippen molar-refractivity contribution < 1.29 is 19.1 Å². The van der Waals surface area contributed by atoms with Crippen molar-refractivity contribution in [3.8, 4) is 5.75 Å². The van der Waals surface area contributed by atoms with E-state index in [1.807, 2.05) is 48.5 Å². The fourth-order valence-corrected chi connectivity index (χ4v) is 4.66. The molecular weight excluding hydrogens is 474 g/mol. The van der Waals surface area contributed by atoms with Gasteiger partial charge in [-0.25, -0.2) is 9.78 Å². The van der Waals surface area contributed by atoms with Crippen LogP contribution in [0.1, 0.15) is 50.4 Å². The molecule has 1 heterocycles. The third-order valence-electron chi connectivity index (χ3n) is 6.33. The van der Waals surface area contributed by atoms with Gasteiger partial charge in [-0.05, 0) is 84.5 Å². The number of ketones is 1. The van der Waals surface area contributed by atoms with Gasteiger partial charge < -0.3 is 9.47 Å². The highest BCUT2D eigenvalue weighted by molar-refractivity contribution is 6.30. The number of allylic oxidation sites excluding steroid dienone is 1. The molecule has 0 radical (unpaired) electrons. The van der Waals surface area contributed by atoms with Crippen molar-refractivity contribution in [3.05, 3.63) is 106 Å². The summed E-state index contributed by atoms with van der Waals surface area (Å²) in [5.74, 6) is -0.00584. The first-order valence-corrected chi connectivity index (χ1v) is 12.1. The lowest BCUT2D eigenvalue weighted by Gasteiger charge is -2.22. The minimum Gasteiger partial charge on any atom is -0.497 e. The predicted molar refractivity (Wildman–Crippen MR) is 142 cm³/mol. The standard InChI is InChI=1S/C30H24ClNO4/c1-35-23-15-9-19(10-16-23)17-21-5-4-7-25-28(24-6-2-3-8-26(24)32-29(21)25)30(34)36-18-27(33)20-11-13-22(31)14-12-20/h2-3,6,8-17H,4-5,7,18H2,1H3. The normalized spacial score (nSPS) is 13.9. The van der Waals surface area contributed by atoms with Gasteiger partial charge in [0.1, 0.15) is 5.75 Å². The van der Waals surface area contributed by atoms with E-state index in [2.05, 4.69) is 6.08 Å². The van der Waals surface area contributed by atoms with Crippen LogP contribution in [0.3, 0.4) is 0 Å². The molecule has 0 atom stereocenters. The summed E-state index contributed by atoms with van der Waals surface area (Å²) in [6.07, 6.45) is 4.56. The minimum atomic E-state index is -0.516. The molecule has 1 aromatic heterocycles. The first-order valence-electron chi connectivity index (χ1n) is 11.8. The average molecular weight is 498 g/mol. The number of fused-ring (bicyclic) bond motifs is 2. The number of Topliss-reactive ketones (excluding diaryl/α,β-unsaturated/α-hetero) is 1. The number of aromatic nitrogens is 1. The molecule has 0 N–H and O–H groups in total. The minimum absolute atomic E-state index is 0.285. The van der Waals surface area contributed by atoms with Gasteiger partial charge in [0, 0.05) is 16.0 Å². The highest BCUT2D eigenvalue weighted by atomic mass is 35.5. The number of benzene rings is 3. The van der Waals surface area contributed by atoms with Crippen LogP contribution in [0.25, 0.3) is 22.6 Å². The zero-order valence-corrected chi connectivity index (χ0v) is 20.5. The molecule has 5 nitrogen and oxygen atoms in total. The molecule has 0 saturated carbocycles. The molecule has 0 bridgehead atoms. The summed E-state index contributed by atoms with van der Waals surface area (Å²) in [5.41, 5.74) is 5.42. The Labute approximate surface area is 214 Å². The van der Waals surface area contributed by atoms with E-state index in [9.17, 15) is 9.59 Å². The van der Waals surface area contributed by atoms with Gasteiger partial charge in [-0.15, -0.1) is 0 Å². The summed E-state index contributed by atoms with van der Waals surface area (Å²) in [6.45, 7) is -0.347. The van der Waals surface area contributed by atoms with E-state index in [1.165, 1.54) is 0 Å². The van der Waals surface area contributed by atoms with Crippen LogP contribution in [0.15, 0.2) is 72.8 Å². The smallest absolute Gasteiger partial charge is 0.339 e. The van der Waals surface area contributed by atoms with Crippen molar-refractivity contribution >= 4 is 45.9 Å². The van der Waals surface area contributed by atoms with E-state index in [4.69, 9.17) is 26.1 Å². The number of methoxy groups -OCH3 is 1. The Bertz CT molecular complexity index is 1470. The van der Waals surface area contributed by atoms with Crippen molar-refractivity contribution in [3.63, 3.8) is 0 Å². The molecule has 36 heavy (non-hydrogen) atoms. The number of pyridine rings is 1. The van der Waals surface area contributed by atoms with Crippen LogP contribution in [0.2, 0.25) is 5.02 Å². The lowest BCUT2D eigenvalue weighted by Crippen LogP contribution is -2.18. The Morgan fingerprint density at radius 2 is 1.72 bits per heavy atom. The summed E-state index contributed by atoms with van der Waals surface area (Å²) in [6, 6.07) is 21.9. The largest absolute Gasteiger partial charge is 0.497 e. The number of carbonyl (C=O) groups is 2. The summed E-state index contributed by atoms with van der Waals surface area (Å²) in [5, 5.41) is 1.27. The van der Waals surface area contributed by atoms with Crippen LogP contribution in [0.5, 0.6) is 5.75 Å². The number of rotatable bonds is 6. The van der Waals surface area contributed by atoms with Crippen molar-refractivity contribution in [2.24, 2.45) is 0 Å². The highest BCUT2D eigenvalue weighted by Crippen LogP contribution is 2.36. The summed E-state index contributed by atoms with van der Waals surface area (Å²) in [7, 11) is 1.64. The maximum absolute atomic E-state index is 13.4. The Kier molecular flexibility index (Phi) is 6.83. The zero-order valence-electron chi connectivity index (χ0n) is 19.8. The van der Waals surface area contributed by atoms with Crippen molar-refractivity contribution in [2.75, 3.05) is 13.7 Å². The van der Waals surface area contributed by atoms with Crippen molar-refractivity contribution in [1.29, 1.82) is 0 Å². The van der Waals surface area contributed by atoms with E-state index in [0.717, 1.165) is 51.9 Å². The van der Waals surface area contributed by atoms with E-state index in [0.29, 0.717) is 22.6 Å². The van der Waals surface area contributed by atoms with Gasteiger partial charge in [-0.3, -0.25) is 4.79 Å². The molecule has 0 spiro atoms. The fraction of sp³-hybridized carbons (Fsp3) is 0.167. The van der Waals surface area contributed by atoms with Gasteiger partial charge in [-0.2, -0.15) is 0 Å². The van der Waals surface area contributed by atoms with Crippen molar-refractivity contribution in [2.45, 2.75) is 19.3 Å². The molecule has 5 rings (SSSR count). The summed E-state index contributed by atoms with van der Waals surface area (Å²) < 4.78 is 10.8. The lowest BCUT2D eigenvalue weighted by molar-refractivity contribution is 0.0475. The summed E-state index contributed by atoms with van der Waals surface area (Å²) in [4.78, 5) is 30.9. The molecule has 6 heteroatoms. The number of halogens is 1. The second-order valence-corrected chi connectivity index (χ2v) is 9.07. The average Bonchev–Trinajstić information content (AvgIpc) is 2.91. The molecule has 0 fully saturated rings. The highest BCUT2D eigenvalue weighted by Gasteiger charge is 2.26. The molecule has 0 saturated heterocycles.